The van der Waals surface area contributed by atoms with Crippen molar-refractivity contribution in [3.63, 3.8) is 0 Å². The maximum Gasteiger partial charge on any atom is 0.417 e. The minimum Gasteiger partial charge on any atom is -0.334 e. The number of imide groups is 1. The Balaban J connectivity index is 1.82. The number of nitrogens with one attached hydrogen (secondary N) is 2. The summed E-state index contributed by atoms with van der Waals surface area (Å²) in [5.41, 5.74) is -0.101. The van der Waals surface area contributed by atoms with Gasteiger partial charge in [-0.15, -0.1) is 11.8 Å². The Morgan fingerprint density at radius 3 is 2.42 bits per heavy atom. The highest BCUT2D eigenvalue weighted by Gasteiger charge is 2.33. The Kier molecular flexibility index (Phi) is 6.93. The molecule has 0 spiro atoms. The Hall–Kier alpha value is -2.19. The molecule has 2 aromatic rings. The Labute approximate surface area is 157 Å². The summed E-state index contributed by atoms with van der Waals surface area (Å²) in [6.07, 6.45) is -4.58. The lowest BCUT2D eigenvalue weighted by Gasteiger charge is -2.11. The first-order valence-corrected chi connectivity index (χ1v) is 8.73. The number of amides is 3. The first-order chi connectivity index (χ1) is 12.3. The van der Waals surface area contributed by atoms with Gasteiger partial charge in [-0.2, -0.15) is 13.2 Å². The van der Waals surface area contributed by atoms with Crippen molar-refractivity contribution in [2.24, 2.45) is 0 Å². The molecule has 0 aliphatic rings. The highest BCUT2D eigenvalue weighted by molar-refractivity contribution is 8.00. The summed E-state index contributed by atoms with van der Waals surface area (Å²) < 4.78 is 38.4. The first kappa shape index (κ1) is 20.1. The molecule has 0 bridgehead atoms. The molecule has 0 heterocycles. The molecule has 0 saturated heterocycles. The fraction of sp³-hybridized carbons (Fsp3) is 0.176. The van der Waals surface area contributed by atoms with Crippen molar-refractivity contribution in [3.8, 4) is 0 Å². The van der Waals surface area contributed by atoms with Crippen molar-refractivity contribution in [2.75, 3.05) is 5.75 Å². The van der Waals surface area contributed by atoms with E-state index in [0.29, 0.717) is 0 Å². The van der Waals surface area contributed by atoms with Gasteiger partial charge in [0.15, 0.2) is 0 Å². The lowest BCUT2D eigenvalue weighted by Crippen LogP contribution is -2.39. The molecular weight excluding hydrogens is 389 g/mol. The number of halogens is 4. The molecule has 4 nitrogen and oxygen atoms in total. The lowest BCUT2D eigenvalue weighted by molar-refractivity contribution is -0.137. The maximum atomic E-state index is 12.8. The number of hydrogen-bond acceptors (Lipinski definition) is 3. The van der Waals surface area contributed by atoms with Gasteiger partial charge in [0.1, 0.15) is 0 Å². The molecule has 0 aromatic heterocycles. The van der Waals surface area contributed by atoms with Gasteiger partial charge in [0.25, 0.3) is 0 Å². The van der Waals surface area contributed by atoms with Gasteiger partial charge >= 0.3 is 12.2 Å². The van der Waals surface area contributed by atoms with Crippen molar-refractivity contribution in [1.29, 1.82) is 0 Å². The number of alkyl halides is 3. The molecule has 26 heavy (non-hydrogen) atoms. The van der Waals surface area contributed by atoms with Crippen LogP contribution in [0.1, 0.15) is 11.1 Å². The molecule has 138 valence electrons. The van der Waals surface area contributed by atoms with E-state index in [1.165, 1.54) is 6.07 Å². The quantitative estimate of drug-likeness (QED) is 0.725. The Morgan fingerprint density at radius 2 is 1.77 bits per heavy atom. The van der Waals surface area contributed by atoms with Crippen LogP contribution >= 0.6 is 23.4 Å². The zero-order valence-corrected chi connectivity index (χ0v) is 14.8. The molecule has 0 atom stereocenters. The Bertz CT molecular complexity index is 785. The molecule has 0 saturated carbocycles. The van der Waals surface area contributed by atoms with Crippen molar-refractivity contribution in [2.45, 2.75) is 17.6 Å². The van der Waals surface area contributed by atoms with E-state index >= 15 is 0 Å². The second-order valence-electron chi connectivity index (χ2n) is 5.14. The molecule has 2 rings (SSSR count). The predicted molar refractivity (Wildman–Crippen MR) is 94.0 cm³/mol. The van der Waals surface area contributed by atoms with Crippen LogP contribution in [0.25, 0.3) is 0 Å². The molecule has 0 fully saturated rings. The smallest absolute Gasteiger partial charge is 0.334 e. The van der Waals surface area contributed by atoms with Crippen LogP contribution in [0.4, 0.5) is 18.0 Å². The zero-order chi connectivity index (χ0) is 19.2. The molecule has 3 amide bonds. The number of hydrogen-bond donors (Lipinski definition) is 2. The third-order valence-electron chi connectivity index (χ3n) is 3.16. The van der Waals surface area contributed by atoms with Crippen LogP contribution in [0, 0.1) is 0 Å². The first-order valence-electron chi connectivity index (χ1n) is 7.37. The zero-order valence-electron chi connectivity index (χ0n) is 13.3. The highest BCUT2D eigenvalue weighted by atomic mass is 35.5. The minimum atomic E-state index is -4.58. The number of carbonyl (C=O) groups is 2. The lowest BCUT2D eigenvalue weighted by atomic mass is 10.2. The largest absolute Gasteiger partial charge is 0.417 e. The van der Waals surface area contributed by atoms with Gasteiger partial charge in [-0.25, -0.2) is 4.79 Å². The van der Waals surface area contributed by atoms with Crippen LogP contribution in [0.2, 0.25) is 5.02 Å². The van der Waals surface area contributed by atoms with Gasteiger partial charge in [0.2, 0.25) is 5.91 Å². The van der Waals surface area contributed by atoms with Gasteiger partial charge in [-0.3, -0.25) is 10.1 Å². The van der Waals surface area contributed by atoms with E-state index in [-0.39, 0.29) is 17.2 Å². The van der Waals surface area contributed by atoms with Crippen LogP contribution in [0.15, 0.2) is 53.4 Å². The fourth-order valence-corrected chi connectivity index (χ4v) is 2.91. The van der Waals surface area contributed by atoms with E-state index in [9.17, 15) is 22.8 Å². The molecule has 2 N–H and O–H groups in total. The third kappa shape index (κ3) is 6.27. The monoisotopic (exact) mass is 402 g/mol. The second kappa shape index (κ2) is 8.95. The summed E-state index contributed by atoms with van der Waals surface area (Å²) in [7, 11) is 0. The van der Waals surface area contributed by atoms with Gasteiger partial charge in [-0.1, -0.05) is 41.9 Å². The molecule has 0 aliphatic carbocycles. The van der Waals surface area contributed by atoms with Gasteiger partial charge < -0.3 is 5.32 Å². The van der Waals surface area contributed by atoms with Crippen LogP contribution in [-0.4, -0.2) is 17.7 Å². The van der Waals surface area contributed by atoms with Gasteiger partial charge in [-0.05, 0) is 23.8 Å². The van der Waals surface area contributed by atoms with Crippen LogP contribution < -0.4 is 10.6 Å². The average Bonchev–Trinajstić information content (AvgIpc) is 2.59. The van der Waals surface area contributed by atoms with Crippen molar-refractivity contribution in [1.82, 2.24) is 10.6 Å². The SMILES string of the molecule is O=C(CSc1ccc(Cl)c(C(F)(F)F)c1)NC(=O)NCc1ccccc1. The topological polar surface area (TPSA) is 58.2 Å². The number of benzene rings is 2. The molecule has 2 aromatic carbocycles. The summed E-state index contributed by atoms with van der Waals surface area (Å²) in [6, 6.07) is 11.8. The summed E-state index contributed by atoms with van der Waals surface area (Å²) in [5, 5.41) is 4.23. The third-order valence-corrected chi connectivity index (χ3v) is 4.49. The molecule has 9 heteroatoms. The number of carbonyl (C=O) groups excluding carboxylic acids is 2. The predicted octanol–water partition coefficient (Wildman–Crippen LogP) is 4.48. The van der Waals surface area contributed by atoms with Gasteiger partial charge in [0.05, 0.1) is 16.3 Å². The van der Waals surface area contributed by atoms with E-state index in [4.69, 9.17) is 11.6 Å². The number of urea groups is 1. The van der Waals surface area contributed by atoms with E-state index in [2.05, 4.69) is 10.6 Å². The summed E-state index contributed by atoms with van der Waals surface area (Å²) in [5.74, 6) is -0.832. The van der Waals surface area contributed by atoms with Crippen molar-refractivity contribution >= 4 is 35.3 Å². The molecular formula is C17H14ClF3N2O2S. The van der Waals surface area contributed by atoms with Crippen molar-refractivity contribution < 1.29 is 22.8 Å². The fourth-order valence-electron chi connectivity index (χ4n) is 1.95. The summed E-state index contributed by atoms with van der Waals surface area (Å²) in [6.45, 7) is 0.249. The average molecular weight is 403 g/mol. The van der Waals surface area contributed by atoms with E-state index < -0.39 is 28.7 Å². The van der Waals surface area contributed by atoms with Crippen molar-refractivity contribution in [3.05, 3.63) is 64.7 Å². The van der Waals surface area contributed by atoms with E-state index in [1.54, 1.807) is 0 Å². The highest BCUT2D eigenvalue weighted by Crippen LogP contribution is 2.36. The van der Waals surface area contributed by atoms with E-state index in [0.717, 1.165) is 29.5 Å². The van der Waals surface area contributed by atoms with Crippen LogP contribution in [-0.2, 0) is 17.5 Å². The minimum absolute atomic E-state index is 0.211. The Morgan fingerprint density at radius 1 is 1.08 bits per heavy atom. The molecule has 0 aliphatic heterocycles. The number of rotatable bonds is 5. The maximum absolute atomic E-state index is 12.8. The van der Waals surface area contributed by atoms with Crippen LogP contribution in [0.5, 0.6) is 0 Å². The van der Waals surface area contributed by atoms with Crippen LogP contribution in [0.3, 0.4) is 0 Å². The van der Waals surface area contributed by atoms with Gasteiger partial charge in [0, 0.05) is 11.4 Å². The molecule has 0 unspecified atom stereocenters. The van der Waals surface area contributed by atoms with E-state index in [1.807, 2.05) is 30.3 Å². The number of thioether (sulfide) groups is 1. The summed E-state index contributed by atoms with van der Waals surface area (Å²) >= 11 is 6.41. The normalized spacial score (nSPS) is 11.1. The second-order valence-corrected chi connectivity index (χ2v) is 6.60. The summed E-state index contributed by atoms with van der Waals surface area (Å²) in [4.78, 5) is 23.6. The standard InChI is InChI=1S/C17H14ClF3N2O2S/c18-14-7-6-12(8-13(14)17(19,20)21)26-10-15(24)23-16(25)22-9-11-4-2-1-3-5-11/h1-8H,9-10H2,(H2,22,23,24,25). The molecule has 0 radical (unpaired) electrons.